The summed E-state index contributed by atoms with van der Waals surface area (Å²) in [6.07, 6.45) is 3.46. The van der Waals surface area contributed by atoms with Crippen LogP contribution in [-0.4, -0.2) is 31.0 Å². The van der Waals surface area contributed by atoms with Gasteiger partial charge in [-0.15, -0.1) is 11.8 Å². The summed E-state index contributed by atoms with van der Waals surface area (Å²) in [5, 5.41) is 0. The highest BCUT2D eigenvalue weighted by molar-refractivity contribution is 7.98. The quantitative estimate of drug-likeness (QED) is 0.854. The van der Waals surface area contributed by atoms with Gasteiger partial charge >= 0.3 is 0 Å². The largest absolute Gasteiger partial charge is 0.383 e. The van der Waals surface area contributed by atoms with Gasteiger partial charge in [-0.05, 0) is 36.1 Å². The van der Waals surface area contributed by atoms with Gasteiger partial charge in [0, 0.05) is 24.7 Å². The minimum atomic E-state index is -3.64. The molecule has 0 atom stereocenters. The van der Waals surface area contributed by atoms with E-state index in [0.29, 0.717) is 0 Å². The smallest absolute Gasteiger partial charge is 0.246 e. The van der Waals surface area contributed by atoms with Crippen LogP contribution in [0.15, 0.2) is 52.4 Å². The molecule has 0 unspecified atom stereocenters. The van der Waals surface area contributed by atoms with Crippen LogP contribution < -0.4 is 5.73 Å². The lowest BCUT2D eigenvalue weighted by Gasteiger charge is -2.18. The molecule has 0 saturated heterocycles. The molecule has 1 aromatic carbocycles. The van der Waals surface area contributed by atoms with E-state index >= 15 is 0 Å². The van der Waals surface area contributed by atoms with Crippen molar-refractivity contribution in [1.29, 1.82) is 0 Å². The van der Waals surface area contributed by atoms with Gasteiger partial charge in [-0.25, -0.2) is 13.4 Å². The van der Waals surface area contributed by atoms with E-state index in [1.54, 1.807) is 17.8 Å². The summed E-state index contributed by atoms with van der Waals surface area (Å²) in [6, 6.07) is 10.8. The molecule has 0 fully saturated rings. The Morgan fingerprint density at radius 3 is 2.48 bits per heavy atom. The zero-order chi connectivity index (χ0) is 15.5. The maximum absolute atomic E-state index is 12.5. The number of hydrogen-bond acceptors (Lipinski definition) is 5. The van der Waals surface area contributed by atoms with E-state index in [-0.39, 0.29) is 17.3 Å². The second-order valence-corrected chi connectivity index (χ2v) is 7.39. The first-order chi connectivity index (χ1) is 9.95. The highest BCUT2D eigenvalue weighted by Crippen LogP contribution is 2.21. The van der Waals surface area contributed by atoms with Crippen molar-refractivity contribution in [1.82, 2.24) is 9.29 Å². The highest BCUT2D eigenvalue weighted by Gasteiger charge is 2.23. The lowest BCUT2D eigenvalue weighted by molar-refractivity contribution is 0.467. The first kappa shape index (κ1) is 15.8. The Hall–Kier alpha value is -1.57. The van der Waals surface area contributed by atoms with Gasteiger partial charge in [0.1, 0.15) is 10.7 Å². The average molecular weight is 323 g/mol. The van der Waals surface area contributed by atoms with Crippen LogP contribution in [0.25, 0.3) is 0 Å². The molecule has 21 heavy (non-hydrogen) atoms. The molecule has 112 valence electrons. The fourth-order valence-corrected chi connectivity index (χ4v) is 3.49. The van der Waals surface area contributed by atoms with Gasteiger partial charge in [0.2, 0.25) is 10.0 Å². The summed E-state index contributed by atoms with van der Waals surface area (Å²) in [6.45, 7) is 0.283. The molecular weight excluding hydrogens is 306 g/mol. The van der Waals surface area contributed by atoms with Crippen LogP contribution in [0.2, 0.25) is 0 Å². The molecule has 0 aliphatic carbocycles. The van der Waals surface area contributed by atoms with Gasteiger partial charge in [0.05, 0.1) is 0 Å². The van der Waals surface area contributed by atoms with Gasteiger partial charge in [-0.2, -0.15) is 4.31 Å². The van der Waals surface area contributed by atoms with Crippen molar-refractivity contribution in [3.63, 3.8) is 0 Å². The predicted octanol–water partition coefficient (Wildman–Crippen LogP) is 2.21. The normalized spacial score (nSPS) is 11.8. The van der Waals surface area contributed by atoms with Crippen LogP contribution in [0.5, 0.6) is 0 Å². The summed E-state index contributed by atoms with van der Waals surface area (Å²) in [5.74, 6) is 0.0158. The molecule has 0 spiro atoms. The van der Waals surface area contributed by atoms with E-state index in [2.05, 4.69) is 4.98 Å². The van der Waals surface area contributed by atoms with Crippen molar-refractivity contribution in [2.75, 3.05) is 19.0 Å². The Morgan fingerprint density at radius 1 is 1.24 bits per heavy atom. The number of sulfonamides is 1. The van der Waals surface area contributed by atoms with Crippen LogP contribution in [0.4, 0.5) is 5.82 Å². The standard InChI is InChI=1S/C14H17N3O2S2/c1-17(10-11-5-7-12(20-2)8-6-11)21(18,19)13-4-3-9-16-14(13)15/h3-9H,10H2,1-2H3,(H2,15,16). The second kappa shape index (κ2) is 6.46. The first-order valence-corrected chi connectivity index (χ1v) is 8.91. The zero-order valence-corrected chi connectivity index (χ0v) is 13.5. The van der Waals surface area contributed by atoms with Crippen molar-refractivity contribution in [2.45, 2.75) is 16.3 Å². The molecule has 0 aliphatic heterocycles. The summed E-state index contributed by atoms with van der Waals surface area (Å²) in [7, 11) is -2.11. The number of nitrogens with two attached hydrogens (primary N) is 1. The van der Waals surface area contributed by atoms with Crippen molar-refractivity contribution in [3.05, 3.63) is 48.2 Å². The Bertz CT molecular complexity index is 715. The minimum absolute atomic E-state index is 0.0158. The SMILES string of the molecule is CSc1ccc(CN(C)S(=O)(=O)c2cccnc2N)cc1. The van der Waals surface area contributed by atoms with Crippen molar-refractivity contribution in [3.8, 4) is 0 Å². The van der Waals surface area contributed by atoms with Crippen molar-refractivity contribution < 1.29 is 8.42 Å². The Balaban J connectivity index is 2.22. The number of pyridine rings is 1. The molecule has 0 aliphatic rings. The Labute approximate surface area is 129 Å². The molecular formula is C14H17N3O2S2. The summed E-state index contributed by atoms with van der Waals surface area (Å²) in [4.78, 5) is 5.00. The fourth-order valence-electron chi connectivity index (χ4n) is 1.86. The fraction of sp³-hybridized carbons (Fsp3) is 0.214. The third-order valence-corrected chi connectivity index (χ3v) is 5.65. The molecule has 0 saturated carbocycles. The van der Waals surface area contributed by atoms with Crippen LogP contribution in [0.1, 0.15) is 5.56 Å². The maximum atomic E-state index is 12.5. The molecule has 7 heteroatoms. The number of aromatic nitrogens is 1. The lowest BCUT2D eigenvalue weighted by Crippen LogP contribution is -2.27. The monoisotopic (exact) mass is 323 g/mol. The van der Waals surface area contributed by atoms with Gasteiger partial charge in [-0.1, -0.05) is 12.1 Å². The molecule has 2 N–H and O–H groups in total. The molecule has 0 bridgehead atoms. The van der Waals surface area contributed by atoms with E-state index < -0.39 is 10.0 Å². The number of benzene rings is 1. The topological polar surface area (TPSA) is 76.3 Å². The minimum Gasteiger partial charge on any atom is -0.383 e. The molecule has 1 aromatic heterocycles. The molecule has 0 amide bonds. The number of rotatable bonds is 5. The molecule has 1 heterocycles. The number of anilines is 1. The van der Waals surface area contributed by atoms with Crippen LogP contribution >= 0.6 is 11.8 Å². The summed E-state index contributed by atoms with van der Waals surface area (Å²) < 4.78 is 26.2. The van der Waals surface area contributed by atoms with Gasteiger partial charge in [0.25, 0.3) is 0 Å². The summed E-state index contributed by atoms with van der Waals surface area (Å²) >= 11 is 1.64. The van der Waals surface area contributed by atoms with Crippen molar-refractivity contribution in [2.24, 2.45) is 0 Å². The van der Waals surface area contributed by atoms with E-state index in [1.165, 1.54) is 23.6 Å². The molecule has 5 nitrogen and oxygen atoms in total. The Morgan fingerprint density at radius 2 is 1.90 bits per heavy atom. The van der Waals surface area contributed by atoms with E-state index in [9.17, 15) is 8.42 Å². The maximum Gasteiger partial charge on any atom is 0.246 e. The van der Waals surface area contributed by atoms with Crippen LogP contribution in [0, 0.1) is 0 Å². The molecule has 2 rings (SSSR count). The second-order valence-electron chi connectivity index (χ2n) is 4.50. The third-order valence-electron chi connectivity index (χ3n) is 3.05. The molecule has 0 radical (unpaired) electrons. The molecule has 2 aromatic rings. The first-order valence-electron chi connectivity index (χ1n) is 6.25. The number of thioether (sulfide) groups is 1. The number of nitrogens with zero attached hydrogens (tertiary/aromatic N) is 2. The van der Waals surface area contributed by atoms with Gasteiger partial charge < -0.3 is 5.73 Å². The van der Waals surface area contributed by atoms with Crippen molar-refractivity contribution >= 4 is 27.6 Å². The van der Waals surface area contributed by atoms with Crippen LogP contribution in [-0.2, 0) is 16.6 Å². The van der Waals surface area contributed by atoms with E-state index in [0.717, 1.165) is 10.5 Å². The zero-order valence-electron chi connectivity index (χ0n) is 11.9. The van der Waals surface area contributed by atoms with Gasteiger partial charge in [-0.3, -0.25) is 0 Å². The van der Waals surface area contributed by atoms with E-state index in [4.69, 9.17) is 5.73 Å². The van der Waals surface area contributed by atoms with Gasteiger partial charge in [0.15, 0.2) is 0 Å². The third kappa shape index (κ3) is 3.55. The van der Waals surface area contributed by atoms with E-state index in [1.807, 2.05) is 30.5 Å². The van der Waals surface area contributed by atoms with Crippen LogP contribution in [0.3, 0.4) is 0 Å². The number of nitrogen functional groups attached to an aromatic ring is 1. The number of hydrogen-bond donors (Lipinski definition) is 1. The Kier molecular flexibility index (Phi) is 4.87. The summed E-state index contributed by atoms with van der Waals surface area (Å²) in [5.41, 5.74) is 6.57. The highest BCUT2D eigenvalue weighted by atomic mass is 32.2. The lowest BCUT2D eigenvalue weighted by atomic mass is 10.2. The predicted molar refractivity (Wildman–Crippen MR) is 85.5 cm³/mol. The average Bonchev–Trinajstić information content (AvgIpc) is 2.48.